The number of nitrogens with zero attached hydrogens (tertiary/aromatic N) is 1. The Hall–Kier alpha value is -0.480. The summed E-state index contributed by atoms with van der Waals surface area (Å²) in [6.07, 6.45) is 3.15. The van der Waals surface area contributed by atoms with Gasteiger partial charge < -0.3 is 4.98 Å². The van der Waals surface area contributed by atoms with Gasteiger partial charge in [-0.15, -0.1) is 0 Å². The van der Waals surface area contributed by atoms with E-state index in [0.717, 1.165) is 0 Å². The fourth-order valence-electron chi connectivity index (χ4n) is 0.363. The summed E-state index contributed by atoms with van der Waals surface area (Å²) >= 11 is 5.73. The van der Waals surface area contributed by atoms with Crippen molar-refractivity contribution in [3.8, 4) is 0 Å². The van der Waals surface area contributed by atoms with Gasteiger partial charge in [0.15, 0.2) is 0 Å². The Morgan fingerprint density at radius 2 is 2.62 bits per heavy atom. The molecule has 0 aliphatic rings. The molecule has 0 aliphatic carbocycles. The van der Waals surface area contributed by atoms with E-state index in [2.05, 4.69) is 4.98 Å². The third-order valence-corrected chi connectivity index (χ3v) is 1.54. The molecular weight excluding hydrogens is 148 g/mol. The zero-order valence-electron chi connectivity index (χ0n) is 3.80. The summed E-state index contributed by atoms with van der Waals surface area (Å²) in [6, 6.07) is 0. The van der Waals surface area contributed by atoms with E-state index in [4.69, 9.17) is 11.8 Å². The van der Waals surface area contributed by atoms with Gasteiger partial charge in [0.1, 0.15) is 11.3 Å². The number of hydrogen-bond acceptors (Lipinski definition) is 1. The van der Waals surface area contributed by atoms with Crippen LogP contribution in [0.1, 0.15) is 0 Å². The van der Waals surface area contributed by atoms with Crippen LogP contribution in [0.4, 0.5) is 0 Å². The summed E-state index contributed by atoms with van der Waals surface area (Å²) in [5.74, 6) is 0. The molecule has 0 fully saturated rings. The first-order valence-electron chi connectivity index (χ1n) is 1.89. The normalized spacial score (nSPS) is 9.12. The molecule has 0 unspecified atom stereocenters. The minimum atomic E-state index is 0.328. The molecule has 0 spiro atoms. The first kappa shape index (κ1) is 5.65. The van der Waals surface area contributed by atoms with E-state index in [1.54, 1.807) is 12.4 Å². The number of aromatic amines is 1. The summed E-state index contributed by atoms with van der Waals surface area (Å²) in [6.45, 7) is 0. The van der Waals surface area contributed by atoms with Crippen molar-refractivity contribution >= 4 is 23.0 Å². The van der Waals surface area contributed by atoms with Gasteiger partial charge in [-0.3, -0.25) is 0 Å². The van der Waals surface area contributed by atoms with Gasteiger partial charge in [0.2, 0.25) is 4.77 Å². The van der Waals surface area contributed by atoms with Gasteiger partial charge in [-0.1, -0.05) is 0 Å². The summed E-state index contributed by atoms with van der Waals surface area (Å²) in [7, 11) is 0. The molecule has 0 amide bonds. The number of imidazole rings is 1. The van der Waals surface area contributed by atoms with Crippen LogP contribution in [-0.2, 0) is 11.3 Å². The Bertz CT molecular complexity index is 258. The van der Waals surface area contributed by atoms with Crippen LogP contribution in [0, 0.1) is 4.77 Å². The molecule has 0 atom stereocenters. The van der Waals surface area contributed by atoms with Gasteiger partial charge >= 0.3 is 0 Å². The predicted molar refractivity (Wildman–Crippen MR) is 31.4 cm³/mol. The second kappa shape index (κ2) is 2.19. The number of halogens is 1. The topological polar surface area (TPSA) is 37.8 Å². The smallest absolute Gasteiger partial charge is 0.221 e. The second-order valence-corrected chi connectivity index (χ2v) is 2.08. The van der Waals surface area contributed by atoms with Gasteiger partial charge in [-0.25, -0.2) is 8.30 Å². The van der Waals surface area contributed by atoms with Crippen molar-refractivity contribution in [2.75, 3.05) is 0 Å². The fourth-order valence-corrected chi connectivity index (χ4v) is 0.801. The quantitative estimate of drug-likeness (QED) is 0.540. The van der Waals surface area contributed by atoms with E-state index in [1.165, 1.54) is 4.09 Å². The predicted octanol–water partition coefficient (Wildman–Crippen LogP) is 0.563. The van der Waals surface area contributed by atoms with Gasteiger partial charge in [0, 0.05) is 24.2 Å². The van der Waals surface area contributed by atoms with Crippen LogP contribution in [0.3, 0.4) is 0 Å². The third-order valence-electron chi connectivity index (χ3n) is 0.685. The number of hydrogen-bond donors (Lipinski definition) is 1. The van der Waals surface area contributed by atoms with E-state index >= 15 is 0 Å². The Balaban J connectivity index is 3.54. The van der Waals surface area contributed by atoms with Crippen molar-refractivity contribution in [2.24, 2.45) is 0 Å². The van der Waals surface area contributed by atoms with Crippen molar-refractivity contribution in [1.82, 2.24) is 9.07 Å². The molecule has 0 bridgehead atoms. The minimum Gasteiger partial charge on any atom is -0.334 e. The fraction of sp³-hybridized carbons (Fsp3) is 0. The van der Waals surface area contributed by atoms with Crippen LogP contribution in [0.25, 0.3) is 0 Å². The molecule has 1 N–H and O–H groups in total. The highest BCUT2D eigenvalue weighted by Crippen LogP contribution is 1.87. The van der Waals surface area contributed by atoms with Crippen molar-refractivity contribution in [1.29, 1.82) is 0 Å². The number of nitrogens with one attached hydrogen (secondary N) is 1. The molecule has 0 saturated carbocycles. The average molecular weight is 151 g/mol. The highest BCUT2D eigenvalue weighted by molar-refractivity contribution is 7.56. The molecule has 1 heterocycles. The lowest BCUT2D eigenvalue weighted by molar-refractivity contribution is 0.698. The maximum absolute atomic E-state index is 9.99. The molecule has 0 aromatic carbocycles. The number of aromatic nitrogens is 2. The monoisotopic (exact) mass is 150 g/mol. The third kappa shape index (κ3) is 0.850. The van der Waals surface area contributed by atoms with Gasteiger partial charge in [0.25, 0.3) is 0 Å². The van der Waals surface area contributed by atoms with Crippen molar-refractivity contribution in [3.05, 3.63) is 17.2 Å². The van der Waals surface area contributed by atoms with Crippen molar-refractivity contribution in [2.45, 2.75) is 0 Å². The molecule has 44 valence electrons. The standard InChI is InChI=1S/C3H3ClN2OS/c4-6-2-1-5-3(6)8-7/h1-2,5H. The Kier molecular flexibility index (Phi) is 1.55. The van der Waals surface area contributed by atoms with Gasteiger partial charge in [-0.2, -0.15) is 0 Å². The Morgan fingerprint density at radius 3 is 2.88 bits per heavy atom. The van der Waals surface area contributed by atoms with Crippen LogP contribution in [0.2, 0.25) is 0 Å². The lowest BCUT2D eigenvalue weighted by atomic mass is 11.0. The maximum Gasteiger partial charge on any atom is 0.221 e. The Morgan fingerprint density at radius 1 is 1.88 bits per heavy atom. The first-order valence-corrected chi connectivity index (χ1v) is 2.97. The average Bonchev–Trinajstić information content (AvgIpc) is 2.14. The van der Waals surface area contributed by atoms with Gasteiger partial charge in [-0.05, 0) is 0 Å². The molecule has 0 radical (unpaired) electrons. The molecule has 1 rings (SSSR count). The summed E-state index contributed by atoms with van der Waals surface area (Å²) in [4.78, 5) is 2.64. The van der Waals surface area contributed by atoms with E-state index in [9.17, 15) is 4.21 Å². The molecule has 0 aliphatic heterocycles. The van der Waals surface area contributed by atoms with Crippen LogP contribution in [-0.4, -0.2) is 13.3 Å². The molecule has 1 aromatic rings. The highest BCUT2D eigenvalue weighted by Gasteiger charge is 1.82. The lowest BCUT2D eigenvalue weighted by Crippen LogP contribution is -1.75. The van der Waals surface area contributed by atoms with E-state index in [-0.39, 0.29) is 0 Å². The number of rotatable bonds is 0. The molecule has 3 nitrogen and oxygen atoms in total. The van der Waals surface area contributed by atoms with E-state index in [0.29, 0.717) is 16.0 Å². The van der Waals surface area contributed by atoms with Crippen molar-refractivity contribution in [3.63, 3.8) is 0 Å². The summed E-state index contributed by atoms with van der Waals surface area (Å²) in [5, 5.41) is 0. The van der Waals surface area contributed by atoms with Crippen LogP contribution < -0.4 is 0 Å². The largest absolute Gasteiger partial charge is 0.334 e. The van der Waals surface area contributed by atoms with Crippen LogP contribution in [0.5, 0.6) is 0 Å². The Labute approximate surface area is 54.1 Å². The molecule has 8 heavy (non-hydrogen) atoms. The number of H-pyrrole nitrogens is 1. The molecule has 5 heteroatoms. The van der Waals surface area contributed by atoms with Gasteiger partial charge in [0.05, 0.1) is 0 Å². The van der Waals surface area contributed by atoms with Crippen LogP contribution in [0.15, 0.2) is 12.4 Å². The summed E-state index contributed by atoms with van der Waals surface area (Å²) < 4.78 is 11.6. The molecule has 0 saturated heterocycles. The zero-order valence-corrected chi connectivity index (χ0v) is 5.37. The van der Waals surface area contributed by atoms with E-state index in [1.807, 2.05) is 0 Å². The second-order valence-electron chi connectivity index (χ2n) is 1.16. The molecular formula is C3H3ClN2OS. The molecule has 1 aromatic heterocycles. The van der Waals surface area contributed by atoms with E-state index < -0.39 is 0 Å². The maximum atomic E-state index is 9.99. The van der Waals surface area contributed by atoms with Crippen molar-refractivity contribution < 1.29 is 4.21 Å². The zero-order chi connectivity index (χ0) is 5.98. The van der Waals surface area contributed by atoms with Crippen LogP contribution >= 0.6 is 11.8 Å². The first-order chi connectivity index (χ1) is 3.84. The highest BCUT2D eigenvalue weighted by atomic mass is 35.5. The lowest BCUT2D eigenvalue weighted by Gasteiger charge is -1.74. The summed E-state index contributed by atoms with van der Waals surface area (Å²) in [5.41, 5.74) is 0. The SMILES string of the molecule is O=S=c1[nH]ccn1Cl. The minimum absolute atomic E-state index is 0.328.